The van der Waals surface area contributed by atoms with Gasteiger partial charge in [-0.2, -0.15) is 10.2 Å². The summed E-state index contributed by atoms with van der Waals surface area (Å²) in [6.45, 7) is 15.0. The highest BCUT2D eigenvalue weighted by Crippen LogP contribution is 2.38. The normalized spacial score (nSPS) is 12.0. The third kappa shape index (κ3) is 2.38. The summed E-state index contributed by atoms with van der Waals surface area (Å²) in [5, 5.41) is 13.5. The van der Waals surface area contributed by atoms with Gasteiger partial charge in [-0.1, -0.05) is 23.8 Å². The molecule has 0 N–H and O–H groups in total. The third-order valence-corrected chi connectivity index (χ3v) is 6.15. The summed E-state index contributed by atoms with van der Waals surface area (Å²) in [5.41, 5.74) is 11.8. The second kappa shape index (κ2) is 5.93. The van der Waals surface area contributed by atoms with Gasteiger partial charge in [-0.05, 0) is 82.7 Å². The Hall–Kier alpha value is -3.14. The van der Waals surface area contributed by atoms with Crippen LogP contribution < -0.4 is 0 Å². The van der Waals surface area contributed by atoms with Crippen LogP contribution in [-0.2, 0) is 0 Å². The summed E-state index contributed by atoms with van der Waals surface area (Å²) in [6, 6.07) is 11.1. The minimum Gasteiger partial charge on any atom is -0.237 e. The first-order chi connectivity index (χ1) is 13.8. The SMILES string of the molecule is Cc1cc(C)c2c(c1)c1c(-n3nc(C)cc3C)c(C)ccc1n1nc(C)c(C)c21. The first-order valence-corrected chi connectivity index (χ1v) is 10.1. The summed E-state index contributed by atoms with van der Waals surface area (Å²) in [4.78, 5) is 0. The molecule has 0 saturated heterocycles. The Morgan fingerprint density at radius 2 is 1.52 bits per heavy atom. The number of hydrogen-bond acceptors (Lipinski definition) is 2. The van der Waals surface area contributed by atoms with Crippen LogP contribution in [0.5, 0.6) is 0 Å². The largest absolute Gasteiger partial charge is 0.237 e. The van der Waals surface area contributed by atoms with E-state index in [-0.39, 0.29) is 0 Å². The van der Waals surface area contributed by atoms with Crippen molar-refractivity contribution in [3.8, 4) is 5.69 Å². The van der Waals surface area contributed by atoms with Gasteiger partial charge in [0.2, 0.25) is 0 Å². The van der Waals surface area contributed by atoms with E-state index < -0.39 is 0 Å². The van der Waals surface area contributed by atoms with Crippen molar-refractivity contribution >= 4 is 27.2 Å². The molecule has 0 spiro atoms. The van der Waals surface area contributed by atoms with Crippen molar-refractivity contribution in [1.82, 2.24) is 19.4 Å². The van der Waals surface area contributed by atoms with Crippen LogP contribution in [0.25, 0.3) is 32.9 Å². The lowest BCUT2D eigenvalue weighted by Gasteiger charge is -2.18. The Bertz CT molecular complexity index is 1460. The average Bonchev–Trinajstić information content (AvgIpc) is 3.13. The zero-order valence-electron chi connectivity index (χ0n) is 18.2. The lowest BCUT2D eigenvalue weighted by Crippen LogP contribution is -2.05. The number of aromatic nitrogens is 4. The van der Waals surface area contributed by atoms with Crippen LogP contribution in [0.15, 0.2) is 30.3 Å². The molecular weight excluding hydrogens is 356 g/mol. The van der Waals surface area contributed by atoms with Crippen LogP contribution in [-0.4, -0.2) is 19.4 Å². The molecule has 5 aromatic rings. The minimum atomic E-state index is 1.03. The number of fused-ring (bicyclic) bond motifs is 6. The number of benzene rings is 2. The molecular formula is C25H26N4. The molecule has 0 radical (unpaired) electrons. The van der Waals surface area contributed by atoms with Crippen LogP contribution >= 0.6 is 0 Å². The summed E-state index contributed by atoms with van der Waals surface area (Å²) in [6.07, 6.45) is 0. The molecule has 4 nitrogen and oxygen atoms in total. The van der Waals surface area contributed by atoms with Crippen LogP contribution in [0.3, 0.4) is 0 Å². The van der Waals surface area contributed by atoms with E-state index in [4.69, 9.17) is 10.2 Å². The predicted molar refractivity (Wildman–Crippen MR) is 120 cm³/mol. The first-order valence-electron chi connectivity index (χ1n) is 10.1. The van der Waals surface area contributed by atoms with E-state index in [1.807, 2.05) is 0 Å². The van der Waals surface area contributed by atoms with Gasteiger partial charge >= 0.3 is 0 Å². The molecule has 0 unspecified atom stereocenters. The second-order valence-electron chi connectivity index (χ2n) is 8.44. The maximum absolute atomic E-state index is 4.93. The second-order valence-corrected chi connectivity index (χ2v) is 8.44. The first kappa shape index (κ1) is 17.9. The van der Waals surface area contributed by atoms with Crippen molar-refractivity contribution in [2.75, 3.05) is 0 Å². The van der Waals surface area contributed by atoms with E-state index in [2.05, 4.69) is 88.0 Å². The van der Waals surface area contributed by atoms with Crippen molar-refractivity contribution in [3.05, 3.63) is 69.7 Å². The van der Waals surface area contributed by atoms with Gasteiger partial charge in [-0.15, -0.1) is 0 Å². The molecule has 0 aliphatic rings. The monoisotopic (exact) mass is 382 g/mol. The molecule has 0 aliphatic heterocycles. The number of pyridine rings is 1. The number of rotatable bonds is 1. The summed E-state index contributed by atoms with van der Waals surface area (Å²) in [5.74, 6) is 0. The van der Waals surface area contributed by atoms with Gasteiger partial charge in [0.25, 0.3) is 0 Å². The molecule has 0 bridgehead atoms. The zero-order chi connectivity index (χ0) is 20.6. The zero-order valence-corrected chi connectivity index (χ0v) is 18.2. The third-order valence-electron chi connectivity index (χ3n) is 6.15. The number of hydrogen-bond donors (Lipinski definition) is 0. The van der Waals surface area contributed by atoms with Crippen molar-refractivity contribution in [3.63, 3.8) is 0 Å². The lowest BCUT2D eigenvalue weighted by atomic mass is 9.95. The molecule has 29 heavy (non-hydrogen) atoms. The Morgan fingerprint density at radius 1 is 0.759 bits per heavy atom. The Labute approximate surface area is 170 Å². The van der Waals surface area contributed by atoms with Gasteiger partial charge in [0, 0.05) is 16.5 Å². The molecule has 3 heterocycles. The van der Waals surface area contributed by atoms with E-state index in [1.54, 1.807) is 0 Å². The van der Waals surface area contributed by atoms with Gasteiger partial charge in [-0.25, -0.2) is 9.20 Å². The Kier molecular flexibility index (Phi) is 3.66. The lowest BCUT2D eigenvalue weighted by molar-refractivity contribution is 0.833. The van der Waals surface area contributed by atoms with E-state index in [0.29, 0.717) is 0 Å². The van der Waals surface area contributed by atoms with Gasteiger partial charge in [0.1, 0.15) is 0 Å². The molecule has 2 aromatic carbocycles. The molecule has 0 aliphatic carbocycles. The Morgan fingerprint density at radius 3 is 2.21 bits per heavy atom. The maximum Gasteiger partial charge on any atom is 0.0782 e. The predicted octanol–water partition coefficient (Wildman–Crippen LogP) is 5.99. The van der Waals surface area contributed by atoms with Crippen molar-refractivity contribution < 1.29 is 0 Å². The highest BCUT2D eigenvalue weighted by atomic mass is 15.3. The minimum absolute atomic E-state index is 1.03. The topological polar surface area (TPSA) is 35.1 Å². The summed E-state index contributed by atoms with van der Waals surface area (Å²) < 4.78 is 4.23. The van der Waals surface area contributed by atoms with Gasteiger partial charge in [0.15, 0.2) is 0 Å². The molecule has 3 aromatic heterocycles. The molecule has 4 heteroatoms. The molecule has 146 valence electrons. The van der Waals surface area contributed by atoms with Crippen molar-refractivity contribution in [1.29, 1.82) is 0 Å². The van der Waals surface area contributed by atoms with Gasteiger partial charge in [0.05, 0.1) is 28.1 Å². The van der Waals surface area contributed by atoms with Crippen molar-refractivity contribution in [2.45, 2.75) is 48.5 Å². The maximum atomic E-state index is 4.93. The molecule has 0 fully saturated rings. The fourth-order valence-corrected chi connectivity index (χ4v) is 4.81. The van der Waals surface area contributed by atoms with Crippen LogP contribution in [0.1, 0.15) is 39.3 Å². The van der Waals surface area contributed by atoms with Crippen LogP contribution in [0.2, 0.25) is 0 Å². The smallest absolute Gasteiger partial charge is 0.0782 e. The highest BCUT2D eigenvalue weighted by Gasteiger charge is 2.20. The molecule has 0 atom stereocenters. The fourth-order valence-electron chi connectivity index (χ4n) is 4.81. The average molecular weight is 383 g/mol. The quantitative estimate of drug-likeness (QED) is 0.334. The van der Waals surface area contributed by atoms with Crippen molar-refractivity contribution in [2.24, 2.45) is 0 Å². The van der Waals surface area contributed by atoms with E-state index in [1.165, 1.54) is 43.9 Å². The van der Waals surface area contributed by atoms with Gasteiger partial charge in [-0.3, -0.25) is 0 Å². The molecule has 5 rings (SSSR count). The van der Waals surface area contributed by atoms with E-state index in [0.717, 1.165) is 28.3 Å². The van der Waals surface area contributed by atoms with E-state index in [9.17, 15) is 0 Å². The Balaban J connectivity index is 2.16. The standard InChI is InChI=1S/C25H26N4/c1-13-10-15(3)22-20(11-13)23-21(29-25(22)18(6)19(7)27-29)9-8-14(2)24(23)28-17(5)12-16(4)26-28/h8-12H,1-7H3. The number of nitrogens with zero attached hydrogens (tertiary/aromatic N) is 4. The van der Waals surface area contributed by atoms with Crippen LogP contribution in [0, 0.1) is 48.5 Å². The number of aryl methyl sites for hydroxylation is 7. The summed E-state index contributed by atoms with van der Waals surface area (Å²) >= 11 is 0. The fraction of sp³-hybridized carbons (Fsp3) is 0.280. The highest BCUT2D eigenvalue weighted by molar-refractivity contribution is 6.17. The summed E-state index contributed by atoms with van der Waals surface area (Å²) in [7, 11) is 0. The van der Waals surface area contributed by atoms with Crippen LogP contribution in [0.4, 0.5) is 0 Å². The molecule has 0 saturated carbocycles. The van der Waals surface area contributed by atoms with E-state index >= 15 is 0 Å². The van der Waals surface area contributed by atoms with Gasteiger partial charge < -0.3 is 0 Å². The molecule has 0 amide bonds.